The average molecular weight is 261 g/mol. The van der Waals surface area contributed by atoms with Crippen LogP contribution in [-0.4, -0.2) is 17.4 Å². The molecule has 2 aromatic rings. The smallest absolute Gasteiger partial charge is 0.170 e. The van der Waals surface area contributed by atoms with Gasteiger partial charge in [0.2, 0.25) is 0 Å². The largest absolute Gasteiger partial charge is 0.496 e. The van der Waals surface area contributed by atoms with E-state index < -0.39 is 0 Å². The third kappa shape index (κ3) is 2.79. The van der Waals surface area contributed by atoms with Gasteiger partial charge in [0.25, 0.3) is 0 Å². The van der Waals surface area contributed by atoms with E-state index in [1.54, 1.807) is 13.2 Å². The van der Waals surface area contributed by atoms with Crippen molar-refractivity contribution >= 4 is 0 Å². The molecule has 0 saturated heterocycles. The van der Waals surface area contributed by atoms with Crippen LogP contribution in [0.2, 0.25) is 0 Å². The molecule has 1 aromatic carbocycles. The molecule has 0 spiro atoms. The Kier molecular flexibility index (Phi) is 3.62. The normalized spacial score (nSPS) is 11.6. The van der Waals surface area contributed by atoms with E-state index >= 15 is 0 Å². The second-order valence-electron chi connectivity index (χ2n) is 5.51. The number of aromatic nitrogens is 1. The van der Waals surface area contributed by atoms with E-state index in [9.17, 15) is 0 Å². The Morgan fingerprint density at radius 3 is 2.53 bits per heavy atom. The molecule has 0 aliphatic rings. The number of ether oxygens (including phenoxy) is 1. The van der Waals surface area contributed by atoms with Crippen molar-refractivity contribution in [3.63, 3.8) is 0 Å². The van der Waals surface area contributed by atoms with Gasteiger partial charge in [-0.05, 0) is 23.1 Å². The van der Waals surface area contributed by atoms with Gasteiger partial charge in [-0.1, -0.05) is 32.0 Å². The highest BCUT2D eigenvalue weighted by molar-refractivity contribution is 5.67. The van der Waals surface area contributed by atoms with Crippen LogP contribution in [0, 0.1) is 0 Å². The van der Waals surface area contributed by atoms with E-state index in [0.29, 0.717) is 11.5 Å². The molecule has 102 valence electrons. The number of benzene rings is 1. The Morgan fingerprint density at radius 1 is 1.26 bits per heavy atom. The molecule has 0 aliphatic carbocycles. The molecule has 0 amide bonds. The summed E-state index contributed by atoms with van der Waals surface area (Å²) in [6, 6.07) is 7.74. The Labute approximate surface area is 113 Å². The Bertz CT molecular complexity index is 567. The van der Waals surface area contributed by atoms with Crippen LogP contribution in [0.1, 0.15) is 32.0 Å². The first kappa shape index (κ1) is 13.6. The third-order valence-electron chi connectivity index (χ3n) is 3.05. The minimum absolute atomic E-state index is 0.0425. The fraction of sp³-hybridized carbons (Fsp3) is 0.400. The molecule has 0 unspecified atom stereocenters. The van der Waals surface area contributed by atoms with Crippen molar-refractivity contribution < 1.29 is 14.4 Å². The molecular weight excluding hydrogens is 242 g/mol. The van der Waals surface area contributed by atoms with Gasteiger partial charge in [-0.15, -0.1) is 0 Å². The zero-order valence-corrected chi connectivity index (χ0v) is 11.7. The first-order valence-corrected chi connectivity index (χ1v) is 6.21. The van der Waals surface area contributed by atoms with Crippen LogP contribution in [0.15, 0.2) is 28.8 Å². The van der Waals surface area contributed by atoms with Gasteiger partial charge < -0.3 is 14.4 Å². The highest BCUT2D eigenvalue weighted by atomic mass is 16.5. The molecule has 2 rings (SSSR count). The van der Waals surface area contributed by atoms with E-state index in [1.807, 2.05) is 18.2 Å². The first-order valence-electron chi connectivity index (χ1n) is 6.21. The molecule has 0 radical (unpaired) electrons. The third-order valence-corrected chi connectivity index (χ3v) is 3.05. The predicted octanol–water partition coefficient (Wildman–Crippen LogP) is 3.14. The van der Waals surface area contributed by atoms with Gasteiger partial charge in [0.15, 0.2) is 5.76 Å². The summed E-state index contributed by atoms with van der Waals surface area (Å²) in [4.78, 5) is 0. The van der Waals surface area contributed by atoms with Gasteiger partial charge >= 0.3 is 0 Å². The summed E-state index contributed by atoms with van der Waals surface area (Å²) in [7, 11) is 1.62. The fourth-order valence-electron chi connectivity index (χ4n) is 1.88. The quantitative estimate of drug-likeness (QED) is 0.922. The molecule has 1 heterocycles. The number of hydrogen-bond acceptors (Lipinski definition) is 4. The molecule has 4 nitrogen and oxygen atoms in total. The molecule has 0 atom stereocenters. The predicted molar refractivity (Wildman–Crippen MR) is 73.1 cm³/mol. The topological polar surface area (TPSA) is 55.5 Å². The summed E-state index contributed by atoms with van der Waals surface area (Å²) < 4.78 is 10.6. The lowest BCUT2D eigenvalue weighted by Crippen LogP contribution is -2.11. The SMILES string of the molecule is COc1ccc(C(C)(C)C)cc1-c1cc(CO)no1. The Balaban J connectivity index is 2.53. The van der Waals surface area contributed by atoms with E-state index in [2.05, 4.69) is 25.9 Å². The summed E-state index contributed by atoms with van der Waals surface area (Å²) in [6.07, 6.45) is 0. The van der Waals surface area contributed by atoms with Crippen molar-refractivity contribution in [3.05, 3.63) is 35.5 Å². The number of nitrogens with zero attached hydrogens (tertiary/aromatic N) is 1. The van der Waals surface area contributed by atoms with Gasteiger partial charge in [-0.3, -0.25) is 0 Å². The van der Waals surface area contributed by atoms with Crippen LogP contribution >= 0.6 is 0 Å². The van der Waals surface area contributed by atoms with Crippen LogP contribution in [0.5, 0.6) is 5.75 Å². The van der Waals surface area contributed by atoms with Crippen LogP contribution in [0.4, 0.5) is 0 Å². The van der Waals surface area contributed by atoms with Crippen LogP contribution in [0.3, 0.4) is 0 Å². The lowest BCUT2D eigenvalue weighted by Gasteiger charge is -2.20. The van der Waals surface area contributed by atoms with Gasteiger partial charge in [0, 0.05) is 6.07 Å². The molecule has 1 N–H and O–H groups in total. The highest BCUT2D eigenvalue weighted by Gasteiger charge is 2.18. The van der Waals surface area contributed by atoms with Crippen LogP contribution < -0.4 is 4.74 Å². The monoisotopic (exact) mass is 261 g/mol. The minimum Gasteiger partial charge on any atom is -0.496 e. The molecule has 0 saturated carbocycles. The summed E-state index contributed by atoms with van der Waals surface area (Å²) in [5, 5.41) is 12.9. The van der Waals surface area contributed by atoms with Crippen LogP contribution in [0.25, 0.3) is 11.3 Å². The number of hydrogen-bond donors (Lipinski definition) is 1. The van der Waals surface area contributed by atoms with Gasteiger partial charge in [0.1, 0.15) is 11.4 Å². The second-order valence-corrected chi connectivity index (χ2v) is 5.51. The number of rotatable bonds is 3. The molecule has 1 aromatic heterocycles. The Hall–Kier alpha value is -1.81. The van der Waals surface area contributed by atoms with Crippen molar-refractivity contribution in [1.29, 1.82) is 0 Å². The van der Waals surface area contributed by atoms with Gasteiger partial charge in [-0.25, -0.2) is 0 Å². The van der Waals surface area contributed by atoms with Crippen molar-refractivity contribution in [2.45, 2.75) is 32.8 Å². The van der Waals surface area contributed by atoms with Crippen molar-refractivity contribution in [3.8, 4) is 17.1 Å². The zero-order valence-electron chi connectivity index (χ0n) is 11.7. The van der Waals surface area contributed by atoms with Gasteiger partial charge in [-0.2, -0.15) is 0 Å². The molecule has 0 bridgehead atoms. The highest BCUT2D eigenvalue weighted by Crippen LogP contribution is 2.34. The van der Waals surface area contributed by atoms with Crippen molar-refractivity contribution in [2.24, 2.45) is 0 Å². The number of methoxy groups -OCH3 is 1. The van der Waals surface area contributed by atoms with E-state index in [0.717, 1.165) is 11.3 Å². The Morgan fingerprint density at radius 2 is 2.00 bits per heavy atom. The van der Waals surface area contributed by atoms with Crippen molar-refractivity contribution in [2.75, 3.05) is 7.11 Å². The fourth-order valence-corrected chi connectivity index (χ4v) is 1.88. The number of aliphatic hydroxyl groups is 1. The molecular formula is C15H19NO3. The summed E-state index contributed by atoms with van der Waals surface area (Å²) in [5.74, 6) is 1.33. The maximum absolute atomic E-state index is 9.05. The molecule has 0 fully saturated rings. The van der Waals surface area contributed by atoms with E-state index in [1.165, 1.54) is 5.56 Å². The standard InChI is InChI=1S/C15H19NO3/c1-15(2,3)10-5-6-13(18-4)12(7-10)14-8-11(9-17)16-19-14/h5-8,17H,9H2,1-4H3. The van der Waals surface area contributed by atoms with E-state index in [-0.39, 0.29) is 12.0 Å². The first-order chi connectivity index (χ1) is 8.95. The lowest BCUT2D eigenvalue weighted by molar-refractivity contribution is 0.267. The van der Waals surface area contributed by atoms with Crippen LogP contribution in [-0.2, 0) is 12.0 Å². The summed E-state index contributed by atoms with van der Waals surface area (Å²) >= 11 is 0. The average Bonchev–Trinajstić information content (AvgIpc) is 2.85. The maximum Gasteiger partial charge on any atom is 0.170 e. The lowest BCUT2D eigenvalue weighted by atomic mass is 9.86. The molecule has 4 heteroatoms. The molecule has 19 heavy (non-hydrogen) atoms. The van der Waals surface area contributed by atoms with Crippen molar-refractivity contribution in [1.82, 2.24) is 5.16 Å². The number of aliphatic hydroxyl groups excluding tert-OH is 1. The van der Waals surface area contributed by atoms with E-state index in [4.69, 9.17) is 14.4 Å². The second kappa shape index (κ2) is 5.05. The maximum atomic E-state index is 9.05. The minimum atomic E-state index is -0.134. The van der Waals surface area contributed by atoms with Gasteiger partial charge in [0.05, 0.1) is 19.3 Å². The summed E-state index contributed by atoms with van der Waals surface area (Å²) in [5.41, 5.74) is 2.59. The zero-order chi connectivity index (χ0) is 14.0. The summed E-state index contributed by atoms with van der Waals surface area (Å²) in [6.45, 7) is 6.32. The molecule has 0 aliphatic heterocycles.